The maximum atomic E-state index is 12.0. The van der Waals surface area contributed by atoms with E-state index in [4.69, 9.17) is 0 Å². The standard InChI is InChI=1S/C19H23N3O/c1-14(2)22(13-15-6-4-3-5-7-15)17-10-11-18(20-12-17)19(23)21-16-8-9-16/h3-7,10-12,14,16H,8-9,13H2,1-2H3,(H,21,23). The van der Waals surface area contributed by atoms with Gasteiger partial charge in [-0.1, -0.05) is 30.3 Å². The number of anilines is 1. The zero-order chi connectivity index (χ0) is 16.2. The Balaban J connectivity index is 1.73. The van der Waals surface area contributed by atoms with Crippen LogP contribution in [0.2, 0.25) is 0 Å². The lowest BCUT2D eigenvalue weighted by molar-refractivity contribution is 0.0946. The van der Waals surface area contributed by atoms with Gasteiger partial charge in [-0.2, -0.15) is 0 Å². The Kier molecular flexibility index (Phi) is 4.60. The van der Waals surface area contributed by atoms with Gasteiger partial charge in [0.1, 0.15) is 5.69 Å². The van der Waals surface area contributed by atoms with Gasteiger partial charge in [0.2, 0.25) is 0 Å². The number of pyridine rings is 1. The largest absolute Gasteiger partial charge is 0.364 e. The highest BCUT2D eigenvalue weighted by Gasteiger charge is 2.24. The summed E-state index contributed by atoms with van der Waals surface area (Å²) in [5, 5.41) is 2.97. The minimum Gasteiger partial charge on any atom is -0.364 e. The molecule has 1 aliphatic carbocycles. The lowest BCUT2D eigenvalue weighted by atomic mass is 10.1. The Morgan fingerprint density at radius 3 is 2.52 bits per heavy atom. The van der Waals surface area contributed by atoms with Crippen molar-refractivity contribution in [2.24, 2.45) is 0 Å². The van der Waals surface area contributed by atoms with E-state index in [1.807, 2.05) is 18.2 Å². The van der Waals surface area contributed by atoms with Gasteiger partial charge in [0.15, 0.2) is 0 Å². The monoisotopic (exact) mass is 309 g/mol. The van der Waals surface area contributed by atoms with Gasteiger partial charge in [0.25, 0.3) is 5.91 Å². The molecular formula is C19H23N3O. The van der Waals surface area contributed by atoms with Crippen molar-refractivity contribution in [2.45, 2.75) is 45.3 Å². The predicted octanol–water partition coefficient (Wildman–Crippen LogP) is 3.39. The fourth-order valence-corrected chi connectivity index (χ4v) is 2.53. The number of rotatable bonds is 6. The van der Waals surface area contributed by atoms with Crippen molar-refractivity contribution in [3.05, 3.63) is 59.9 Å². The second-order valence-corrected chi connectivity index (χ2v) is 6.36. The zero-order valence-electron chi connectivity index (χ0n) is 13.7. The van der Waals surface area contributed by atoms with Crippen molar-refractivity contribution in [1.82, 2.24) is 10.3 Å². The van der Waals surface area contributed by atoms with Crippen LogP contribution >= 0.6 is 0 Å². The van der Waals surface area contributed by atoms with E-state index in [2.05, 4.69) is 53.3 Å². The van der Waals surface area contributed by atoms with E-state index >= 15 is 0 Å². The molecule has 1 heterocycles. The highest BCUT2D eigenvalue weighted by molar-refractivity contribution is 5.92. The molecule has 0 saturated heterocycles. The molecule has 1 aromatic heterocycles. The third-order valence-corrected chi connectivity index (χ3v) is 4.04. The third-order valence-electron chi connectivity index (χ3n) is 4.04. The van der Waals surface area contributed by atoms with Crippen molar-refractivity contribution in [1.29, 1.82) is 0 Å². The van der Waals surface area contributed by atoms with Crippen LogP contribution in [0.5, 0.6) is 0 Å². The molecule has 120 valence electrons. The van der Waals surface area contributed by atoms with Crippen LogP contribution in [0, 0.1) is 0 Å². The Labute approximate surface area is 137 Å². The van der Waals surface area contributed by atoms with Gasteiger partial charge in [0, 0.05) is 18.6 Å². The first-order valence-corrected chi connectivity index (χ1v) is 8.21. The molecule has 23 heavy (non-hydrogen) atoms. The molecule has 3 rings (SSSR count). The van der Waals surface area contributed by atoms with Crippen molar-refractivity contribution in [3.8, 4) is 0 Å². The summed E-state index contributed by atoms with van der Waals surface area (Å²) in [5.41, 5.74) is 2.78. The summed E-state index contributed by atoms with van der Waals surface area (Å²) in [6.07, 6.45) is 3.97. The molecule has 2 aromatic rings. The van der Waals surface area contributed by atoms with Crippen LogP contribution in [0.3, 0.4) is 0 Å². The van der Waals surface area contributed by atoms with Crippen molar-refractivity contribution < 1.29 is 4.79 Å². The average molecular weight is 309 g/mol. The summed E-state index contributed by atoms with van der Waals surface area (Å²) >= 11 is 0. The van der Waals surface area contributed by atoms with E-state index in [1.54, 1.807) is 6.20 Å². The third kappa shape index (κ3) is 4.09. The van der Waals surface area contributed by atoms with Crippen molar-refractivity contribution in [3.63, 3.8) is 0 Å². The van der Waals surface area contributed by atoms with Crippen LogP contribution in [-0.2, 0) is 6.54 Å². The van der Waals surface area contributed by atoms with E-state index in [9.17, 15) is 4.79 Å². The first kappa shape index (κ1) is 15.5. The Morgan fingerprint density at radius 2 is 1.96 bits per heavy atom. The fourth-order valence-electron chi connectivity index (χ4n) is 2.53. The molecule has 0 bridgehead atoms. The fraction of sp³-hybridized carbons (Fsp3) is 0.368. The van der Waals surface area contributed by atoms with E-state index in [1.165, 1.54) is 5.56 Å². The molecule has 0 unspecified atom stereocenters. The maximum Gasteiger partial charge on any atom is 0.270 e. The van der Waals surface area contributed by atoms with Gasteiger partial charge < -0.3 is 10.2 Å². The van der Waals surface area contributed by atoms with Gasteiger partial charge >= 0.3 is 0 Å². The highest BCUT2D eigenvalue weighted by atomic mass is 16.2. The molecule has 1 N–H and O–H groups in total. The minimum atomic E-state index is -0.0711. The van der Waals surface area contributed by atoms with Crippen LogP contribution in [0.15, 0.2) is 48.7 Å². The Hall–Kier alpha value is -2.36. The van der Waals surface area contributed by atoms with Gasteiger partial charge in [-0.05, 0) is 44.4 Å². The van der Waals surface area contributed by atoms with E-state index in [0.29, 0.717) is 17.8 Å². The number of hydrogen-bond acceptors (Lipinski definition) is 3. The van der Waals surface area contributed by atoms with Crippen molar-refractivity contribution in [2.75, 3.05) is 4.90 Å². The summed E-state index contributed by atoms with van der Waals surface area (Å²) in [4.78, 5) is 18.6. The van der Waals surface area contributed by atoms with Crippen LogP contribution < -0.4 is 10.2 Å². The second kappa shape index (κ2) is 6.82. The molecule has 1 aliphatic rings. The molecule has 1 amide bonds. The normalized spacial score (nSPS) is 13.9. The molecule has 1 saturated carbocycles. The SMILES string of the molecule is CC(C)N(Cc1ccccc1)c1ccc(C(=O)NC2CC2)nc1. The molecule has 4 heteroatoms. The first-order chi connectivity index (χ1) is 11.1. The molecule has 0 radical (unpaired) electrons. The van der Waals surface area contributed by atoms with E-state index in [0.717, 1.165) is 25.1 Å². The number of benzene rings is 1. The predicted molar refractivity (Wildman–Crippen MR) is 92.5 cm³/mol. The van der Waals surface area contributed by atoms with Crippen molar-refractivity contribution >= 4 is 11.6 Å². The average Bonchev–Trinajstić information content (AvgIpc) is 3.37. The van der Waals surface area contributed by atoms with Crippen LogP contribution in [0.1, 0.15) is 42.7 Å². The summed E-state index contributed by atoms with van der Waals surface area (Å²) in [7, 11) is 0. The van der Waals surface area contributed by atoms with E-state index in [-0.39, 0.29) is 5.91 Å². The van der Waals surface area contributed by atoms with Gasteiger partial charge in [-0.15, -0.1) is 0 Å². The molecule has 1 aromatic carbocycles. The summed E-state index contributed by atoms with van der Waals surface area (Å²) < 4.78 is 0. The lowest BCUT2D eigenvalue weighted by Crippen LogP contribution is -2.30. The molecule has 0 spiro atoms. The number of aromatic nitrogens is 1. The highest BCUT2D eigenvalue weighted by Crippen LogP contribution is 2.21. The first-order valence-electron chi connectivity index (χ1n) is 8.21. The number of amides is 1. The minimum absolute atomic E-state index is 0.0711. The molecular weight excluding hydrogens is 286 g/mol. The smallest absolute Gasteiger partial charge is 0.270 e. The molecule has 4 nitrogen and oxygen atoms in total. The maximum absolute atomic E-state index is 12.0. The van der Waals surface area contributed by atoms with Crippen LogP contribution in [0.4, 0.5) is 5.69 Å². The van der Waals surface area contributed by atoms with Gasteiger partial charge in [-0.25, -0.2) is 4.98 Å². The molecule has 0 atom stereocenters. The Morgan fingerprint density at radius 1 is 1.22 bits per heavy atom. The summed E-state index contributed by atoms with van der Waals surface area (Å²) in [5.74, 6) is -0.0711. The lowest BCUT2D eigenvalue weighted by Gasteiger charge is -2.29. The van der Waals surface area contributed by atoms with E-state index < -0.39 is 0 Å². The number of nitrogens with zero attached hydrogens (tertiary/aromatic N) is 2. The quantitative estimate of drug-likeness (QED) is 0.889. The number of carbonyl (C=O) groups excluding carboxylic acids is 1. The molecule has 0 aliphatic heterocycles. The number of nitrogens with one attached hydrogen (secondary N) is 1. The zero-order valence-corrected chi connectivity index (χ0v) is 13.7. The second-order valence-electron chi connectivity index (χ2n) is 6.36. The summed E-state index contributed by atoms with van der Waals surface area (Å²) in [6, 6.07) is 14.9. The number of carbonyl (C=O) groups is 1. The van der Waals surface area contributed by atoms with Gasteiger partial charge in [-0.3, -0.25) is 4.79 Å². The van der Waals surface area contributed by atoms with Crippen LogP contribution in [0.25, 0.3) is 0 Å². The number of hydrogen-bond donors (Lipinski definition) is 1. The summed E-state index contributed by atoms with van der Waals surface area (Å²) in [6.45, 7) is 5.15. The van der Waals surface area contributed by atoms with Crippen LogP contribution in [-0.4, -0.2) is 23.0 Å². The Bertz CT molecular complexity index is 648. The molecule has 1 fully saturated rings. The van der Waals surface area contributed by atoms with Gasteiger partial charge in [0.05, 0.1) is 11.9 Å². The topological polar surface area (TPSA) is 45.2 Å².